The van der Waals surface area contributed by atoms with Gasteiger partial charge < -0.3 is 10.7 Å². The van der Waals surface area contributed by atoms with Crippen molar-refractivity contribution in [3.63, 3.8) is 0 Å². The Morgan fingerprint density at radius 1 is 1.47 bits per heavy atom. The molecule has 0 saturated heterocycles. The number of nitrogens with one attached hydrogen (secondary N) is 1. The number of nitrogens with two attached hydrogens (primary N) is 1. The molecule has 15 heavy (non-hydrogen) atoms. The van der Waals surface area contributed by atoms with Gasteiger partial charge in [0.1, 0.15) is 5.82 Å². The first-order valence-electron chi connectivity index (χ1n) is 5.13. The molecule has 0 atom stereocenters. The smallest absolute Gasteiger partial charge is 0.177 e. The number of pyridine rings is 1. The van der Waals surface area contributed by atoms with E-state index in [9.17, 15) is 0 Å². The van der Waals surface area contributed by atoms with Gasteiger partial charge in [0.05, 0.1) is 5.52 Å². The van der Waals surface area contributed by atoms with Crippen LogP contribution in [-0.2, 0) is 6.42 Å². The first kappa shape index (κ1) is 10.1. The third-order valence-electron chi connectivity index (χ3n) is 2.31. The molecule has 4 heteroatoms. The van der Waals surface area contributed by atoms with E-state index in [-0.39, 0.29) is 5.54 Å². The number of nitrogens with zero attached hydrogens (tertiary/aromatic N) is 2. The van der Waals surface area contributed by atoms with Crippen LogP contribution in [0.4, 0.5) is 0 Å². The topological polar surface area (TPSA) is 67.6 Å². The molecule has 4 nitrogen and oxygen atoms in total. The number of rotatable bonds is 3. The summed E-state index contributed by atoms with van der Waals surface area (Å²) >= 11 is 0. The van der Waals surface area contributed by atoms with Crippen LogP contribution in [0.2, 0.25) is 0 Å². The van der Waals surface area contributed by atoms with Crippen molar-refractivity contribution in [1.29, 1.82) is 0 Å². The minimum Gasteiger partial charge on any atom is -0.341 e. The van der Waals surface area contributed by atoms with Crippen molar-refractivity contribution in [3.8, 4) is 0 Å². The van der Waals surface area contributed by atoms with Crippen molar-refractivity contribution in [2.75, 3.05) is 0 Å². The van der Waals surface area contributed by atoms with Crippen molar-refractivity contribution < 1.29 is 0 Å². The number of aromatic amines is 1. The Kier molecular flexibility index (Phi) is 2.44. The molecule has 0 bridgehead atoms. The summed E-state index contributed by atoms with van der Waals surface area (Å²) in [4.78, 5) is 11.8. The fraction of sp³-hybridized carbons (Fsp3) is 0.455. The second-order valence-corrected chi connectivity index (χ2v) is 4.55. The van der Waals surface area contributed by atoms with Gasteiger partial charge >= 0.3 is 0 Å². The molecule has 0 amide bonds. The number of aryl methyl sites for hydroxylation is 1. The Hall–Kier alpha value is -1.42. The highest BCUT2D eigenvalue weighted by molar-refractivity contribution is 5.69. The molecule has 0 aliphatic heterocycles. The van der Waals surface area contributed by atoms with Gasteiger partial charge in [-0.3, -0.25) is 0 Å². The molecule has 0 aliphatic rings. The van der Waals surface area contributed by atoms with Crippen molar-refractivity contribution >= 4 is 11.2 Å². The van der Waals surface area contributed by atoms with Gasteiger partial charge in [-0.1, -0.05) is 0 Å². The van der Waals surface area contributed by atoms with Crippen LogP contribution in [0.15, 0.2) is 18.3 Å². The molecule has 0 aliphatic carbocycles. The molecular weight excluding hydrogens is 188 g/mol. The zero-order valence-corrected chi connectivity index (χ0v) is 9.12. The monoisotopic (exact) mass is 204 g/mol. The van der Waals surface area contributed by atoms with Crippen molar-refractivity contribution in [1.82, 2.24) is 15.0 Å². The lowest BCUT2D eigenvalue weighted by Crippen LogP contribution is -2.32. The van der Waals surface area contributed by atoms with Crippen molar-refractivity contribution in [2.45, 2.75) is 32.2 Å². The average Bonchev–Trinajstić information content (AvgIpc) is 2.56. The molecular formula is C11H16N4. The van der Waals surface area contributed by atoms with E-state index in [1.165, 1.54) is 0 Å². The van der Waals surface area contributed by atoms with Crippen LogP contribution in [0.25, 0.3) is 11.2 Å². The standard InChI is InChI=1S/C11H16N4/c1-11(2,12)6-5-9-14-8-4-3-7-13-10(8)15-9/h3-4,7H,5-6,12H2,1-2H3,(H,13,14,15). The SMILES string of the molecule is CC(C)(N)CCc1nc2ncccc2[nH]1. The fourth-order valence-corrected chi connectivity index (χ4v) is 1.45. The van der Waals surface area contributed by atoms with Gasteiger partial charge in [-0.2, -0.15) is 0 Å². The summed E-state index contributed by atoms with van der Waals surface area (Å²) in [6.07, 6.45) is 3.52. The van der Waals surface area contributed by atoms with Crippen LogP contribution in [0.3, 0.4) is 0 Å². The molecule has 80 valence electrons. The van der Waals surface area contributed by atoms with Gasteiger partial charge in [-0.25, -0.2) is 9.97 Å². The quantitative estimate of drug-likeness (QED) is 0.798. The normalized spacial score (nSPS) is 12.2. The molecule has 2 aromatic rings. The van der Waals surface area contributed by atoms with Crippen LogP contribution in [0, 0.1) is 0 Å². The highest BCUT2D eigenvalue weighted by Crippen LogP contribution is 2.12. The van der Waals surface area contributed by atoms with E-state index >= 15 is 0 Å². The lowest BCUT2D eigenvalue weighted by atomic mass is 10.0. The minimum absolute atomic E-state index is 0.146. The van der Waals surface area contributed by atoms with Crippen molar-refractivity contribution in [3.05, 3.63) is 24.2 Å². The van der Waals surface area contributed by atoms with Gasteiger partial charge in [-0.05, 0) is 32.4 Å². The molecule has 2 heterocycles. The predicted molar refractivity (Wildman–Crippen MR) is 60.5 cm³/mol. The lowest BCUT2D eigenvalue weighted by Gasteiger charge is -2.16. The zero-order chi connectivity index (χ0) is 10.9. The molecule has 3 N–H and O–H groups in total. The second kappa shape index (κ2) is 3.62. The molecule has 0 aromatic carbocycles. The zero-order valence-electron chi connectivity index (χ0n) is 9.12. The molecule has 0 saturated carbocycles. The maximum atomic E-state index is 5.92. The van der Waals surface area contributed by atoms with Crippen LogP contribution < -0.4 is 5.73 Å². The number of hydrogen-bond donors (Lipinski definition) is 2. The number of aromatic nitrogens is 3. The van der Waals surface area contributed by atoms with E-state index in [1.807, 2.05) is 26.0 Å². The van der Waals surface area contributed by atoms with E-state index < -0.39 is 0 Å². The van der Waals surface area contributed by atoms with Gasteiger partial charge in [0, 0.05) is 18.2 Å². The molecule has 0 fully saturated rings. The third-order valence-corrected chi connectivity index (χ3v) is 2.31. The van der Waals surface area contributed by atoms with Gasteiger partial charge in [0.25, 0.3) is 0 Å². The summed E-state index contributed by atoms with van der Waals surface area (Å²) in [6, 6.07) is 3.88. The third kappa shape index (κ3) is 2.53. The van der Waals surface area contributed by atoms with Gasteiger partial charge in [0.15, 0.2) is 5.65 Å². The molecule has 2 rings (SSSR count). The first-order chi connectivity index (χ1) is 7.04. The summed E-state index contributed by atoms with van der Waals surface area (Å²) in [5.41, 5.74) is 7.54. The van der Waals surface area contributed by atoms with Gasteiger partial charge in [-0.15, -0.1) is 0 Å². The predicted octanol–water partition coefficient (Wildman–Crippen LogP) is 1.63. The van der Waals surface area contributed by atoms with Crippen LogP contribution in [-0.4, -0.2) is 20.5 Å². The van der Waals surface area contributed by atoms with Crippen molar-refractivity contribution in [2.24, 2.45) is 5.73 Å². The molecule has 0 spiro atoms. The number of fused-ring (bicyclic) bond motifs is 1. The first-order valence-corrected chi connectivity index (χ1v) is 5.13. The van der Waals surface area contributed by atoms with E-state index in [0.717, 1.165) is 29.8 Å². The summed E-state index contributed by atoms with van der Waals surface area (Å²) < 4.78 is 0. The Morgan fingerprint density at radius 3 is 2.93 bits per heavy atom. The summed E-state index contributed by atoms with van der Waals surface area (Å²) in [6.45, 7) is 4.04. The van der Waals surface area contributed by atoms with E-state index in [4.69, 9.17) is 5.73 Å². The van der Waals surface area contributed by atoms with E-state index in [1.54, 1.807) is 6.20 Å². The van der Waals surface area contributed by atoms with E-state index in [0.29, 0.717) is 0 Å². The van der Waals surface area contributed by atoms with Crippen LogP contribution in [0.1, 0.15) is 26.1 Å². The average molecular weight is 204 g/mol. The fourth-order valence-electron chi connectivity index (χ4n) is 1.45. The molecule has 0 unspecified atom stereocenters. The van der Waals surface area contributed by atoms with Gasteiger partial charge in [0.2, 0.25) is 0 Å². The highest BCUT2D eigenvalue weighted by Gasteiger charge is 2.12. The molecule has 2 aromatic heterocycles. The summed E-state index contributed by atoms with van der Waals surface area (Å²) in [7, 11) is 0. The number of H-pyrrole nitrogens is 1. The highest BCUT2D eigenvalue weighted by atomic mass is 15.0. The largest absolute Gasteiger partial charge is 0.341 e. The number of imidazole rings is 1. The van der Waals surface area contributed by atoms with Crippen LogP contribution in [0.5, 0.6) is 0 Å². The Bertz CT molecular complexity index is 420. The second-order valence-electron chi connectivity index (χ2n) is 4.55. The maximum absolute atomic E-state index is 5.92. The summed E-state index contributed by atoms with van der Waals surface area (Å²) in [5.74, 6) is 0.960. The molecule has 0 radical (unpaired) electrons. The Balaban J connectivity index is 2.16. The Labute approximate surface area is 88.9 Å². The maximum Gasteiger partial charge on any atom is 0.177 e. The van der Waals surface area contributed by atoms with Crippen LogP contribution >= 0.6 is 0 Å². The number of hydrogen-bond acceptors (Lipinski definition) is 3. The Morgan fingerprint density at radius 2 is 2.27 bits per heavy atom. The summed E-state index contributed by atoms with van der Waals surface area (Å²) in [5, 5.41) is 0. The lowest BCUT2D eigenvalue weighted by molar-refractivity contribution is 0.472. The minimum atomic E-state index is -0.146. The van der Waals surface area contributed by atoms with E-state index in [2.05, 4.69) is 15.0 Å².